The summed E-state index contributed by atoms with van der Waals surface area (Å²) in [5.74, 6) is 1.70. The van der Waals surface area contributed by atoms with Crippen LogP contribution >= 0.6 is 0 Å². The van der Waals surface area contributed by atoms with Crippen LogP contribution in [-0.4, -0.2) is 40.1 Å². The number of hydrogen-bond acceptors (Lipinski definition) is 7. The molecule has 2 aromatic heterocycles. The van der Waals surface area contributed by atoms with Crippen LogP contribution in [0.2, 0.25) is 0 Å². The number of methoxy groups -OCH3 is 1. The molecule has 0 aliphatic heterocycles. The van der Waals surface area contributed by atoms with Crippen molar-refractivity contribution in [2.24, 2.45) is 7.05 Å². The highest BCUT2D eigenvalue weighted by Gasteiger charge is 2.08. The van der Waals surface area contributed by atoms with Gasteiger partial charge in [-0.05, 0) is 17.7 Å². The zero-order valence-corrected chi connectivity index (χ0v) is 13.7. The molecule has 3 N–H and O–H groups in total. The van der Waals surface area contributed by atoms with Crippen LogP contribution in [-0.2, 0) is 18.3 Å². The molecule has 3 rings (SSSR count). The van der Waals surface area contributed by atoms with Crippen molar-refractivity contribution in [3.8, 4) is 5.75 Å². The topological polar surface area (TPSA) is 100 Å². The number of aryl methyl sites for hydroxylation is 1. The number of benzene rings is 1. The van der Waals surface area contributed by atoms with E-state index in [1.54, 1.807) is 18.0 Å². The van der Waals surface area contributed by atoms with Crippen molar-refractivity contribution < 1.29 is 9.47 Å². The molecule has 0 bridgehead atoms. The highest BCUT2D eigenvalue weighted by molar-refractivity contribution is 5.86. The van der Waals surface area contributed by atoms with Crippen molar-refractivity contribution >= 4 is 22.8 Å². The fourth-order valence-corrected chi connectivity index (χ4v) is 2.25. The maximum Gasteiger partial charge on any atom is 0.226 e. The minimum absolute atomic E-state index is 0.414. The summed E-state index contributed by atoms with van der Waals surface area (Å²) in [6, 6.07) is 7.82. The lowest BCUT2D eigenvalue weighted by Gasteiger charge is -2.08. The van der Waals surface area contributed by atoms with E-state index < -0.39 is 0 Å². The van der Waals surface area contributed by atoms with Gasteiger partial charge < -0.3 is 20.5 Å². The van der Waals surface area contributed by atoms with Gasteiger partial charge in [0.2, 0.25) is 5.95 Å². The highest BCUT2D eigenvalue weighted by atomic mass is 16.5. The number of aromatic nitrogens is 4. The van der Waals surface area contributed by atoms with Crippen LogP contribution in [0.4, 0.5) is 11.8 Å². The summed E-state index contributed by atoms with van der Waals surface area (Å²) in [7, 11) is 3.47. The molecule has 24 heavy (non-hydrogen) atoms. The predicted octanol–water partition coefficient (Wildman–Crippen LogP) is 1.58. The lowest BCUT2D eigenvalue weighted by molar-refractivity contribution is 0.146. The van der Waals surface area contributed by atoms with Gasteiger partial charge in [-0.25, -0.2) is 0 Å². The summed E-state index contributed by atoms with van der Waals surface area (Å²) in [4.78, 5) is 8.70. The van der Waals surface area contributed by atoms with E-state index in [1.807, 2.05) is 31.3 Å². The number of hydrogen-bond donors (Lipinski definition) is 2. The summed E-state index contributed by atoms with van der Waals surface area (Å²) < 4.78 is 12.2. The Bertz CT molecular complexity index is 815. The van der Waals surface area contributed by atoms with Crippen LogP contribution in [0.3, 0.4) is 0 Å². The van der Waals surface area contributed by atoms with Crippen LogP contribution in [0.1, 0.15) is 5.56 Å². The second-order valence-corrected chi connectivity index (χ2v) is 5.28. The largest absolute Gasteiger partial charge is 0.491 e. The molecule has 126 valence electrons. The third kappa shape index (κ3) is 3.54. The van der Waals surface area contributed by atoms with Gasteiger partial charge in [-0.1, -0.05) is 12.1 Å². The van der Waals surface area contributed by atoms with E-state index in [0.29, 0.717) is 37.2 Å². The fraction of sp³-hybridized carbons (Fsp3) is 0.312. The molecule has 3 aromatic rings. The lowest BCUT2D eigenvalue weighted by Crippen LogP contribution is -2.07. The Hall–Kier alpha value is -2.87. The number of rotatable bonds is 7. The molecule has 0 amide bonds. The quantitative estimate of drug-likeness (QED) is 0.635. The van der Waals surface area contributed by atoms with Crippen molar-refractivity contribution in [1.29, 1.82) is 0 Å². The first-order chi connectivity index (χ1) is 11.7. The predicted molar refractivity (Wildman–Crippen MR) is 91.9 cm³/mol. The van der Waals surface area contributed by atoms with E-state index >= 15 is 0 Å². The average Bonchev–Trinajstić information content (AvgIpc) is 2.96. The van der Waals surface area contributed by atoms with E-state index in [-0.39, 0.29) is 0 Å². The van der Waals surface area contributed by atoms with Gasteiger partial charge in [0.25, 0.3) is 0 Å². The Morgan fingerprint density at radius 3 is 2.71 bits per heavy atom. The van der Waals surface area contributed by atoms with E-state index in [1.165, 1.54) is 0 Å². The first kappa shape index (κ1) is 16.0. The van der Waals surface area contributed by atoms with E-state index in [2.05, 4.69) is 20.4 Å². The van der Waals surface area contributed by atoms with Crippen molar-refractivity contribution in [1.82, 2.24) is 19.7 Å². The maximum absolute atomic E-state index is 5.95. The third-order valence-corrected chi connectivity index (χ3v) is 3.55. The van der Waals surface area contributed by atoms with Crippen molar-refractivity contribution in [2.75, 3.05) is 31.4 Å². The van der Waals surface area contributed by atoms with Crippen LogP contribution in [0.15, 0.2) is 30.5 Å². The second kappa shape index (κ2) is 7.14. The molecule has 1 aromatic carbocycles. The summed E-state index contributed by atoms with van der Waals surface area (Å²) in [5.41, 5.74) is 7.73. The smallest absolute Gasteiger partial charge is 0.226 e. The third-order valence-electron chi connectivity index (χ3n) is 3.55. The lowest BCUT2D eigenvalue weighted by atomic mass is 10.2. The van der Waals surface area contributed by atoms with Gasteiger partial charge in [0.05, 0.1) is 18.2 Å². The molecule has 0 atom stereocenters. The molecule has 0 radical (unpaired) electrons. The minimum atomic E-state index is 0.414. The van der Waals surface area contributed by atoms with E-state index in [4.69, 9.17) is 15.2 Å². The Kier molecular flexibility index (Phi) is 4.76. The molecule has 0 unspecified atom stereocenters. The molecule has 8 nitrogen and oxygen atoms in total. The number of ether oxygens (including phenoxy) is 2. The first-order valence-corrected chi connectivity index (χ1v) is 7.57. The molecular weight excluding hydrogens is 308 g/mol. The number of nitrogens with one attached hydrogen (secondary N) is 1. The van der Waals surface area contributed by atoms with Crippen LogP contribution < -0.4 is 15.8 Å². The molecule has 0 aliphatic carbocycles. The van der Waals surface area contributed by atoms with Gasteiger partial charge in [0.1, 0.15) is 18.2 Å². The zero-order chi connectivity index (χ0) is 16.9. The number of nitrogens with two attached hydrogens (primary N) is 1. The Morgan fingerprint density at radius 2 is 1.96 bits per heavy atom. The minimum Gasteiger partial charge on any atom is -0.491 e. The van der Waals surface area contributed by atoms with Gasteiger partial charge in [-0.15, -0.1) is 0 Å². The highest BCUT2D eigenvalue weighted by Crippen LogP contribution is 2.19. The first-order valence-electron chi connectivity index (χ1n) is 7.57. The molecule has 2 heterocycles. The van der Waals surface area contributed by atoms with Crippen molar-refractivity contribution in [2.45, 2.75) is 6.54 Å². The summed E-state index contributed by atoms with van der Waals surface area (Å²) in [6.45, 7) is 1.69. The van der Waals surface area contributed by atoms with Gasteiger partial charge in [0.15, 0.2) is 5.65 Å². The fourth-order valence-electron chi connectivity index (χ4n) is 2.25. The maximum atomic E-state index is 5.95. The zero-order valence-electron chi connectivity index (χ0n) is 13.7. The molecular formula is C16H20N6O2. The standard InChI is InChI=1S/C16H20N6O2/c1-22-15-13(10-19-22)14(17)20-16(21-15)18-9-11-3-5-12(6-4-11)24-8-7-23-2/h3-6,10H,7-9H2,1-2H3,(H3,17,18,20,21). The van der Waals surface area contributed by atoms with Crippen LogP contribution in [0.25, 0.3) is 11.0 Å². The SMILES string of the molecule is COCCOc1ccc(CNc2nc(N)c3cnn(C)c3n2)cc1. The monoisotopic (exact) mass is 328 g/mol. The number of fused-ring (bicyclic) bond motifs is 1. The van der Waals surface area contributed by atoms with E-state index in [9.17, 15) is 0 Å². The summed E-state index contributed by atoms with van der Waals surface area (Å²) in [5, 5.41) is 8.07. The Labute approximate surface area is 139 Å². The number of anilines is 2. The molecule has 8 heteroatoms. The number of nitrogens with zero attached hydrogens (tertiary/aromatic N) is 4. The van der Waals surface area contributed by atoms with Gasteiger partial charge >= 0.3 is 0 Å². The van der Waals surface area contributed by atoms with Crippen LogP contribution in [0, 0.1) is 0 Å². The average molecular weight is 328 g/mol. The normalized spacial score (nSPS) is 10.9. The van der Waals surface area contributed by atoms with Gasteiger partial charge in [-0.3, -0.25) is 4.68 Å². The summed E-state index contributed by atoms with van der Waals surface area (Å²) >= 11 is 0. The molecule has 0 spiro atoms. The van der Waals surface area contributed by atoms with Crippen molar-refractivity contribution in [3.63, 3.8) is 0 Å². The summed E-state index contributed by atoms with van der Waals surface area (Å²) in [6.07, 6.45) is 1.66. The molecule has 0 aliphatic rings. The molecule has 0 saturated heterocycles. The van der Waals surface area contributed by atoms with Gasteiger partial charge in [-0.2, -0.15) is 15.1 Å². The van der Waals surface area contributed by atoms with Crippen LogP contribution in [0.5, 0.6) is 5.75 Å². The molecule has 0 saturated carbocycles. The second-order valence-electron chi connectivity index (χ2n) is 5.28. The number of nitrogen functional groups attached to an aromatic ring is 1. The molecule has 0 fully saturated rings. The Morgan fingerprint density at radius 1 is 1.17 bits per heavy atom. The van der Waals surface area contributed by atoms with Crippen molar-refractivity contribution in [3.05, 3.63) is 36.0 Å². The Balaban J connectivity index is 1.64. The van der Waals surface area contributed by atoms with Gasteiger partial charge in [0, 0.05) is 20.7 Å². The van der Waals surface area contributed by atoms with E-state index in [0.717, 1.165) is 16.7 Å².